The van der Waals surface area contributed by atoms with Crippen molar-refractivity contribution in [3.8, 4) is 0 Å². The molecule has 0 atom stereocenters. The molecule has 0 bridgehead atoms. The van der Waals surface area contributed by atoms with Crippen LogP contribution in [0, 0.1) is 0 Å². The van der Waals surface area contributed by atoms with E-state index in [0.29, 0.717) is 0 Å². The highest BCUT2D eigenvalue weighted by atomic mass is 16.5. The summed E-state index contributed by atoms with van der Waals surface area (Å²) >= 11 is 0. The molecule has 0 rings (SSSR count). The molecule has 0 fully saturated rings. The molecule has 0 aromatic heterocycles. The summed E-state index contributed by atoms with van der Waals surface area (Å²) in [6.07, 6.45) is 12.1. The Labute approximate surface area is 95.8 Å². The summed E-state index contributed by atoms with van der Waals surface area (Å²) in [5.74, 6) is 0. The molecule has 0 aromatic carbocycles. The molecule has 0 unspecified atom stereocenters. The Morgan fingerprint density at radius 1 is 0.733 bits per heavy atom. The van der Waals surface area contributed by atoms with Crippen LogP contribution in [0.15, 0.2) is 0 Å². The minimum atomic E-state index is 0.122. The molecule has 0 saturated carbocycles. The van der Waals surface area contributed by atoms with Crippen molar-refractivity contribution in [3.05, 3.63) is 0 Å². The van der Waals surface area contributed by atoms with Crippen LogP contribution in [0.5, 0.6) is 0 Å². The highest BCUT2D eigenvalue weighted by molar-refractivity contribution is 4.46. The van der Waals surface area contributed by atoms with Crippen LogP contribution in [0.4, 0.5) is 0 Å². The van der Waals surface area contributed by atoms with E-state index in [4.69, 9.17) is 0 Å². The van der Waals surface area contributed by atoms with Crippen LogP contribution >= 0.6 is 0 Å². The van der Waals surface area contributed by atoms with Gasteiger partial charge in [0.2, 0.25) is 0 Å². The van der Waals surface area contributed by atoms with Gasteiger partial charge in [-0.25, -0.2) is 5.21 Å². The van der Waals surface area contributed by atoms with Gasteiger partial charge in [-0.05, 0) is 12.8 Å². The van der Waals surface area contributed by atoms with E-state index < -0.39 is 0 Å². The van der Waals surface area contributed by atoms with Crippen LogP contribution in [0.2, 0.25) is 0 Å². The van der Waals surface area contributed by atoms with E-state index in [9.17, 15) is 5.21 Å². The number of rotatable bonds is 10. The predicted molar refractivity (Wildman–Crippen MR) is 66.0 cm³/mol. The second kappa shape index (κ2) is 9.17. The molecule has 2 heteroatoms. The van der Waals surface area contributed by atoms with Crippen molar-refractivity contribution < 1.29 is 9.85 Å². The zero-order valence-corrected chi connectivity index (χ0v) is 11.0. The SMILES string of the molecule is CCCCCCCCCCC[N+](C)(C)O. The van der Waals surface area contributed by atoms with E-state index in [-0.39, 0.29) is 4.65 Å². The normalized spacial score (nSPS) is 12.0. The zero-order chi connectivity index (χ0) is 11.6. The van der Waals surface area contributed by atoms with E-state index >= 15 is 0 Å². The van der Waals surface area contributed by atoms with Crippen molar-refractivity contribution in [3.63, 3.8) is 0 Å². The molecule has 92 valence electrons. The molecule has 0 saturated heterocycles. The molecule has 0 aliphatic rings. The largest absolute Gasteiger partial charge is 0.217 e. The van der Waals surface area contributed by atoms with E-state index in [1.807, 2.05) is 14.1 Å². The van der Waals surface area contributed by atoms with E-state index in [1.54, 1.807) is 0 Å². The van der Waals surface area contributed by atoms with Crippen molar-refractivity contribution in [1.82, 2.24) is 0 Å². The first-order valence-corrected chi connectivity index (χ1v) is 6.62. The molecule has 0 amide bonds. The summed E-state index contributed by atoms with van der Waals surface area (Å²) in [5.41, 5.74) is 0. The van der Waals surface area contributed by atoms with E-state index in [1.165, 1.54) is 51.4 Å². The number of nitrogens with zero attached hydrogens (tertiary/aromatic N) is 1. The maximum atomic E-state index is 9.45. The summed E-state index contributed by atoms with van der Waals surface area (Å²) in [5, 5.41) is 9.45. The Hall–Kier alpha value is -0.0800. The maximum Gasteiger partial charge on any atom is 0.108 e. The van der Waals surface area contributed by atoms with Crippen LogP contribution in [-0.2, 0) is 0 Å². The molecule has 0 radical (unpaired) electrons. The van der Waals surface area contributed by atoms with Gasteiger partial charge in [-0.1, -0.05) is 51.9 Å². The topological polar surface area (TPSA) is 20.2 Å². The first-order valence-electron chi connectivity index (χ1n) is 6.62. The average Bonchev–Trinajstić information content (AvgIpc) is 2.14. The fourth-order valence-corrected chi connectivity index (χ4v) is 1.81. The molecule has 0 spiro atoms. The lowest BCUT2D eigenvalue weighted by Gasteiger charge is -2.18. The van der Waals surface area contributed by atoms with Gasteiger partial charge in [0.05, 0.1) is 14.1 Å². The Kier molecular flexibility index (Phi) is 9.12. The molecule has 0 aliphatic carbocycles. The minimum absolute atomic E-state index is 0.122. The van der Waals surface area contributed by atoms with Gasteiger partial charge in [0, 0.05) is 0 Å². The van der Waals surface area contributed by atoms with E-state index in [0.717, 1.165) is 13.0 Å². The number of hydroxylamine groups is 3. The van der Waals surface area contributed by atoms with Crippen molar-refractivity contribution in [1.29, 1.82) is 0 Å². The van der Waals surface area contributed by atoms with E-state index in [2.05, 4.69) is 6.92 Å². The number of quaternary nitrogens is 1. The quantitative estimate of drug-likeness (QED) is 0.333. The highest BCUT2D eigenvalue weighted by Crippen LogP contribution is 2.10. The second-order valence-corrected chi connectivity index (χ2v) is 5.17. The maximum absolute atomic E-state index is 9.45. The second-order valence-electron chi connectivity index (χ2n) is 5.17. The summed E-state index contributed by atoms with van der Waals surface area (Å²) in [7, 11) is 3.68. The molecule has 0 aliphatic heterocycles. The fourth-order valence-electron chi connectivity index (χ4n) is 1.81. The van der Waals surface area contributed by atoms with Gasteiger partial charge in [0.25, 0.3) is 0 Å². The van der Waals surface area contributed by atoms with Crippen LogP contribution in [0.3, 0.4) is 0 Å². The van der Waals surface area contributed by atoms with Crippen LogP contribution < -0.4 is 0 Å². The lowest BCUT2D eigenvalue weighted by atomic mass is 10.1. The third-order valence-electron chi connectivity index (χ3n) is 2.81. The lowest BCUT2D eigenvalue weighted by molar-refractivity contribution is -1.07. The van der Waals surface area contributed by atoms with Gasteiger partial charge in [0.1, 0.15) is 6.54 Å². The first-order chi connectivity index (χ1) is 7.06. The van der Waals surface area contributed by atoms with Crippen LogP contribution in [0.25, 0.3) is 0 Å². The zero-order valence-electron chi connectivity index (χ0n) is 11.0. The third kappa shape index (κ3) is 13.9. The Balaban J connectivity index is 2.99. The Bertz CT molecular complexity index is 129. The Morgan fingerprint density at radius 2 is 1.13 bits per heavy atom. The molecule has 0 aromatic rings. The molecule has 2 nitrogen and oxygen atoms in total. The summed E-state index contributed by atoms with van der Waals surface area (Å²) in [4.78, 5) is 0. The van der Waals surface area contributed by atoms with Gasteiger partial charge < -0.3 is 0 Å². The number of hydrogen-bond acceptors (Lipinski definition) is 1. The fraction of sp³-hybridized carbons (Fsp3) is 1.00. The van der Waals surface area contributed by atoms with Crippen molar-refractivity contribution >= 4 is 0 Å². The lowest BCUT2D eigenvalue weighted by Crippen LogP contribution is -2.36. The number of unbranched alkanes of at least 4 members (excludes halogenated alkanes) is 8. The third-order valence-corrected chi connectivity index (χ3v) is 2.81. The minimum Gasteiger partial charge on any atom is -0.217 e. The standard InChI is InChI=1S/C13H30NO/c1-4-5-6-7-8-9-10-11-12-13-14(2,3)15/h15H,4-13H2,1-3H3/q+1. The molecular weight excluding hydrogens is 186 g/mol. The number of hydrogen-bond donors (Lipinski definition) is 1. The van der Waals surface area contributed by atoms with Crippen molar-refractivity contribution in [2.75, 3.05) is 20.6 Å². The van der Waals surface area contributed by atoms with Gasteiger partial charge >= 0.3 is 0 Å². The van der Waals surface area contributed by atoms with Gasteiger partial charge in [-0.2, -0.15) is 4.65 Å². The average molecular weight is 216 g/mol. The summed E-state index contributed by atoms with van der Waals surface area (Å²) in [6.45, 7) is 3.14. The Morgan fingerprint density at radius 3 is 1.53 bits per heavy atom. The van der Waals surface area contributed by atoms with Crippen molar-refractivity contribution in [2.45, 2.75) is 64.7 Å². The van der Waals surface area contributed by atoms with Gasteiger partial charge in [-0.15, -0.1) is 0 Å². The highest BCUT2D eigenvalue weighted by Gasteiger charge is 2.08. The van der Waals surface area contributed by atoms with Crippen LogP contribution in [0.1, 0.15) is 64.7 Å². The molecule has 1 N–H and O–H groups in total. The van der Waals surface area contributed by atoms with Gasteiger partial charge in [0.15, 0.2) is 0 Å². The first kappa shape index (κ1) is 14.9. The van der Waals surface area contributed by atoms with Crippen LogP contribution in [-0.4, -0.2) is 30.5 Å². The molecule has 0 heterocycles. The predicted octanol–water partition coefficient (Wildman–Crippen LogP) is 3.98. The molecule has 15 heavy (non-hydrogen) atoms. The monoisotopic (exact) mass is 216 g/mol. The van der Waals surface area contributed by atoms with Gasteiger partial charge in [-0.3, -0.25) is 0 Å². The molecular formula is C13H30NO+. The summed E-state index contributed by atoms with van der Waals surface area (Å²) < 4.78 is 0.122. The smallest absolute Gasteiger partial charge is 0.108 e. The summed E-state index contributed by atoms with van der Waals surface area (Å²) in [6, 6.07) is 0. The van der Waals surface area contributed by atoms with Crippen molar-refractivity contribution in [2.24, 2.45) is 0 Å².